The van der Waals surface area contributed by atoms with Crippen LogP contribution in [0.1, 0.15) is 12.8 Å². The number of halogens is 1. The fraction of sp³-hybridized carbons (Fsp3) is 0.278. The minimum atomic E-state index is -0.643. The van der Waals surface area contributed by atoms with Gasteiger partial charge in [0.2, 0.25) is 0 Å². The molecule has 0 saturated carbocycles. The van der Waals surface area contributed by atoms with Crippen LogP contribution in [-0.2, 0) is 10.3 Å². The Balaban J connectivity index is 0.00000196. The molecule has 1 saturated heterocycles. The van der Waals surface area contributed by atoms with Crippen molar-refractivity contribution in [2.24, 2.45) is 0 Å². The van der Waals surface area contributed by atoms with Crippen molar-refractivity contribution in [3.05, 3.63) is 61.2 Å². The summed E-state index contributed by atoms with van der Waals surface area (Å²) in [6.07, 6.45) is 8.63. The van der Waals surface area contributed by atoms with E-state index >= 15 is 0 Å². The first-order chi connectivity index (χ1) is 12.3. The number of amides is 1. The Morgan fingerprint density at radius 2 is 1.73 bits per heavy atom. The van der Waals surface area contributed by atoms with Gasteiger partial charge < -0.3 is 10.6 Å². The van der Waals surface area contributed by atoms with Crippen LogP contribution in [0.25, 0.3) is 5.69 Å². The van der Waals surface area contributed by atoms with E-state index in [1.165, 1.54) is 0 Å². The molecule has 1 fully saturated rings. The number of rotatable bonds is 4. The second kappa shape index (κ2) is 7.72. The molecule has 1 aliphatic heterocycles. The van der Waals surface area contributed by atoms with Gasteiger partial charge in [-0.25, -0.2) is 4.68 Å². The van der Waals surface area contributed by atoms with Crippen molar-refractivity contribution in [1.82, 2.24) is 24.9 Å². The van der Waals surface area contributed by atoms with Gasteiger partial charge in [-0.05, 0) is 62.3 Å². The van der Waals surface area contributed by atoms with E-state index in [0.717, 1.165) is 24.5 Å². The third-order valence-electron chi connectivity index (χ3n) is 4.69. The minimum absolute atomic E-state index is 0. The van der Waals surface area contributed by atoms with Crippen LogP contribution in [0, 0.1) is 0 Å². The van der Waals surface area contributed by atoms with Crippen LogP contribution in [0.3, 0.4) is 0 Å². The summed E-state index contributed by atoms with van der Waals surface area (Å²) in [7, 11) is 0. The number of hydrogen-bond donors (Lipinski definition) is 2. The first kappa shape index (κ1) is 18.2. The average Bonchev–Trinajstić information content (AvgIpc) is 3.37. The number of benzene rings is 1. The van der Waals surface area contributed by atoms with Crippen molar-refractivity contribution in [2.75, 3.05) is 18.4 Å². The number of anilines is 1. The molecule has 7 nitrogen and oxygen atoms in total. The molecule has 136 valence electrons. The Hall–Kier alpha value is -2.64. The number of nitrogens with one attached hydrogen (secondary N) is 2. The standard InChI is InChI=1S/C18H20N6O.ClH/c25-17(18(7-11-19-12-8-18)24-14-2-10-21-24)22-15-3-5-16(6-4-15)23-13-1-9-20-23;/h1-6,9-10,13-14,19H,7-8,11-12H2,(H,22,25);1H. The Kier molecular flexibility index (Phi) is 5.39. The largest absolute Gasteiger partial charge is 0.324 e. The van der Waals surface area contributed by atoms with E-state index in [1.807, 2.05) is 48.8 Å². The highest BCUT2D eigenvalue weighted by Crippen LogP contribution is 2.28. The lowest BCUT2D eigenvalue weighted by molar-refractivity contribution is -0.126. The van der Waals surface area contributed by atoms with E-state index in [-0.39, 0.29) is 18.3 Å². The molecule has 26 heavy (non-hydrogen) atoms. The predicted molar refractivity (Wildman–Crippen MR) is 102 cm³/mol. The lowest BCUT2D eigenvalue weighted by atomic mass is 9.87. The van der Waals surface area contributed by atoms with Gasteiger partial charge in [-0.3, -0.25) is 9.48 Å². The molecular formula is C18H21ClN6O. The Labute approximate surface area is 157 Å². The zero-order valence-corrected chi connectivity index (χ0v) is 15.0. The highest BCUT2D eigenvalue weighted by Gasteiger charge is 2.41. The molecule has 1 amide bonds. The molecule has 0 atom stereocenters. The highest BCUT2D eigenvalue weighted by molar-refractivity contribution is 5.96. The summed E-state index contributed by atoms with van der Waals surface area (Å²) in [4.78, 5) is 13.1. The van der Waals surface area contributed by atoms with Crippen LogP contribution in [0.15, 0.2) is 61.2 Å². The van der Waals surface area contributed by atoms with Gasteiger partial charge in [0.1, 0.15) is 5.54 Å². The molecule has 0 unspecified atom stereocenters. The second-order valence-corrected chi connectivity index (χ2v) is 6.18. The monoisotopic (exact) mass is 372 g/mol. The first-order valence-corrected chi connectivity index (χ1v) is 8.40. The number of piperidine rings is 1. The van der Waals surface area contributed by atoms with E-state index in [9.17, 15) is 4.79 Å². The predicted octanol–water partition coefficient (Wildman–Crippen LogP) is 2.21. The van der Waals surface area contributed by atoms with Crippen LogP contribution in [0.5, 0.6) is 0 Å². The molecule has 0 aliphatic carbocycles. The van der Waals surface area contributed by atoms with Gasteiger partial charge in [0, 0.05) is 30.5 Å². The molecule has 0 spiro atoms. The van der Waals surface area contributed by atoms with Crippen molar-refractivity contribution in [2.45, 2.75) is 18.4 Å². The zero-order chi connectivity index (χ0) is 17.1. The molecule has 4 rings (SSSR count). The van der Waals surface area contributed by atoms with Crippen molar-refractivity contribution < 1.29 is 4.79 Å². The summed E-state index contributed by atoms with van der Waals surface area (Å²) in [6, 6.07) is 11.4. The first-order valence-electron chi connectivity index (χ1n) is 8.40. The third-order valence-corrected chi connectivity index (χ3v) is 4.69. The SMILES string of the molecule is Cl.O=C(Nc1ccc(-n2cccn2)cc1)C1(n2cccn2)CCNCC1. The maximum absolute atomic E-state index is 13.1. The van der Waals surface area contributed by atoms with Crippen molar-refractivity contribution in [1.29, 1.82) is 0 Å². The maximum atomic E-state index is 13.1. The minimum Gasteiger partial charge on any atom is -0.324 e. The summed E-state index contributed by atoms with van der Waals surface area (Å²) >= 11 is 0. The lowest BCUT2D eigenvalue weighted by Crippen LogP contribution is -2.52. The van der Waals surface area contributed by atoms with Gasteiger partial charge in [-0.2, -0.15) is 10.2 Å². The molecule has 0 bridgehead atoms. The lowest BCUT2D eigenvalue weighted by Gasteiger charge is -2.36. The maximum Gasteiger partial charge on any atom is 0.252 e. The topological polar surface area (TPSA) is 76.8 Å². The number of nitrogens with zero attached hydrogens (tertiary/aromatic N) is 4. The molecule has 2 N–H and O–H groups in total. The van der Waals surface area contributed by atoms with Crippen molar-refractivity contribution in [3.63, 3.8) is 0 Å². The second-order valence-electron chi connectivity index (χ2n) is 6.18. The molecule has 8 heteroatoms. The highest BCUT2D eigenvalue weighted by atomic mass is 35.5. The summed E-state index contributed by atoms with van der Waals surface area (Å²) in [5, 5.41) is 14.9. The fourth-order valence-electron chi connectivity index (χ4n) is 3.29. The van der Waals surface area contributed by atoms with Gasteiger partial charge in [0.15, 0.2) is 0 Å². The van der Waals surface area contributed by atoms with E-state index in [4.69, 9.17) is 0 Å². The Morgan fingerprint density at radius 3 is 2.35 bits per heavy atom. The van der Waals surface area contributed by atoms with E-state index in [0.29, 0.717) is 12.8 Å². The summed E-state index contributed by atoms with van der Waals surface area (Å²) < 4.78 is 3.57. The molecular weight excluding hydrogens is 352 g/mol. The van der Waals surface area contributed by atoms with Crippen LogP contribution in [0.2, 0.25) is 0 Å². The van der Waals surface area contributed by atoms with Crippen molar-refractivity contribution >= 4 is 24.0 Å². The van der Waals surface area contributed by atoms with E-state index in [1.54, 1.807) is 21.8 Å². The van der Waals surface area contributed by atoms with Crippen LogP contribution >= 0.6 is 12.4 Å². The van der Waals surface area contributed by atoms with Gasteiger partial charge >= 0.3 is 0 Å². The zero-order valence-electron chi connectivity index (χ0n) is 14.2. The summed E-state index contributed by atoms with van der Waals surface area (Å²) in [5.41, 5.74) is 1.08. The Morgan fingerprint density at radius 1 is 1.04 bits per heavy atom. The number of carbonyl (C=O) groups excluding carboxylic acids is 1. The van der Waals surface area contributed by atoms with E-state index < -0.39 is 5.54 Å². The van der Waals surface area contributed by atoms with Crippen LogP contribution in [-0.4, -0.2) is 38.6 Å². The normalized spacial score (nSPS) is 15.8. The molecule has 3 heterocycles. The third kappa shape index (κ3) is 3.36. The van der Waals surface area contributed by atoms with Crippen LogP contribution < -0.4 is 10.6 Å². The van der Waals surface area contributed by atoms with Crippen LogP contribution in [0.4, 0.5) is 5.69 Å². The summed E-state index contributed by atoms with van der Waals surface area (Å²) in [5.74, 6) is -0.0236. The number of carbonyl (C=O) groups is 1. The van der Waals surface area contributed by atoms with Crippen molar-refractivity contribution in [3.8, 4) is 5.69 Å². The molecule has 1 aromatic carbocycles. The molecule has 3 aromatic rings. The molecule has 2 aromatic heterocycles. The molecule has 0 radical (unpaired) electrons. The number of hydrogen-bond acceptors (Lipinski definition) is 4. The molecule has 1 aliphatic rings. The van der Waals surface area contributed by atoms with Gasteiger partial charge in [-0.15, -0.1) is 12.4 Å². The smallest absolute Gasteiger partial charge is 0.252 e. The Bertz CT molecular complexity index is 823. The fourth-order valence-corrected chi connectivity index (χ4v) is 3.29. The van der Waals surface area contributed by atoms with Gasteiger partial charge in [-0.1, -0.05) is 0 Å². The van der Waals surface area contributed by atoms with Gasteiger partial charge in [0.05, 0.1) is 5.69 Å². The van der Waals surface area contributed by atoms with Gasteiger partial charge in [0.25, 0.3) is 5.91 Å². The van der Waals surface area contributed by atoms with E-state index in [2.05, 4.69) is 20.8 Å². The summed E-state index contributed by atoms with van der Waals surface area (Å²) in [6.45, 7) is 1.59. The average molecular weight is 373 g/mol. The quantitative estimate of drug-likeness (QED) is 0.736. The number of aromatic nitrogens is 4.